The highest BCUT2D eigenvalue weighted by atomic mass is 16.5. The van der Waals surface area contributed by atoms with E-state index < -0.39 is 0 Å². The minimum absolute atomic E-state index is 0.102. The molecule has 1 aliphatic rings. The molecule has 0 radical (unpaired) electrons. The van der Waals surface area contributed by atoms with Gasteiger partial charge in [-0.3, -0.25) is 4.79 Å². The average Bonchev–Trinajstić information content (AvgIpc) is 3.30. The number of hydrogen-bond acceptors (Lipinski definition) is 6. The number of benzene rings is 2. The molecule has 4 aromatic rings. The van der Waals surface area contributed by atoms with Crippen LogP contribution in [-0.4, -0.2) is 44.1 Å². The van der Waals surface area contributed by atoms with Gasteiger partial charge in [0.15, 0.2) is 5.65 Å². The van der Waals surface area contributed by atoms with Crippen molar-refractivity contribution >= 4 is 22.8 Å². The first-order valence-corrected chi connectivity index (χ1v) is 10.1. The number of nitrogen functional groups attached to an aromatic ring is 1. The lowest BCUT2D eigenvalue weighted by molar-refractivity contribution is -0.123. The zero-order valence-corrected chi connectivity index (χ0v) is 18.0. The van der Waals surface area contributed by atoms with Gasteiger partial charge in [-0.25, -0.2) is 14.6 Å². The molecule has 8 nitrogen and oxygen atoms in total. The van der Waals surface area contributed by atoms with Crippen LogP contribution in [0.1, 0.15) is 6.42 Å². The maximum atomic E-state index is 10.7. The van der Waals surface area contributed by atoms with Crippen LogP contribution in [0.2, 0.25) is 0 Å². The van der Waals surface area contributed by atoms with Crippen molar-refractivity contribution < 1.29 is 9.53 Å². The summed E-state index contributed by atoms with van der Waals surface area (Å²) in [4.78, 5) is 20.7. The second kappa shape index (κ2) is 8.89. The smallest absolute Gasteiger partial charge is 0.248 e. The molecule has 8 heteroatoms. The quantitative estimate of drug-likeness (QED) is 0.498. The fourth-order valence-electron chi connectivity index (χ4n) is 3.40. The van der Waals surface area contributed by atoms with E-state index in [0.717, 1.165) is 46.7 Å². The van der Waals surface area contributed by atoms with Gasteiger partial charge in [0.2, 0.25) is 5.91 Å². The number of aryl methyl sites for hydroxylation is 1. The fourth-order valence-corrected chi connectivity index (χ4v) is 3.40. The number of carbonyl (C=O) groups is 1. The average molecular weight is 428 g/mol. The number of ether oxygens (including phenoxy) is 1. The first-order chi connectivity index (χ1) is 15.4. The molecule has 2 aromatic heterocycles. The van der Waals surface area contributed by atoms with Crippen LogP contribution in [0, 0.1) is 0 Å². The number of aromatic nitrogens is 4. The fraction of sp³-hybridized carbons (Fsp3) is 0.167. The van der Waals surface area contributed by atoms with Crippen LogP contribution in [0.3, 0.4) is 0 Å². The number of hydrogen-bond donors (Lipinski definition) is 1. The van der Waals surface area contributed by atoms with Crippen molar-refractivity contribution in [1.82, 2.24) is 24.6 Å². The zero-order chi connectivity index (χ0) is 22.7. The molecule has 0 saturated carbocycles. The summed E-state index contributed by atoms with van der Waals surface area (Å²) in [6.45, 7) is 4.44. The normalized spacial score (nSPS) is 13.2. The number of likely N-dealkylation sites (tertiary alicyclic amines) is 1. The number of fused-ring (bicyclic) bond motifs is 1. The third-order valence-corrected chi connectivity index (χ3v) is 5.15. The number of amides is 1. The Bertz CT molecular complexity index is 1270. The Morgan fingerprint density at radius 2 is 1.69 bits per heavy atom. The van der Waals surface area contributed by atoms with Gasteiger partial charge < -0.3 is 15.4 Å². The summed E-state index contributed by atoms with van der Waals surface area (Å²) in [5.74, 6) is 2.08. The molecule has 2 N–H and O–H groups in total. The molecule has 1 fully saturated rings. The van der Waals surface area contributed by atoms with Gasteiger partial charge in [-0.15, -0.1) is 0 Å². The molecule has 0 atom stereocenters. The predicted molar refractivity (Wildman–Crippen MR) is 124 cm³/mol. The molecule has 1 saturated heterocycles. The Hall–Kier alpha value is -4.20. The molecule has 0 spiro atoms. The second-order valence-electron chi connectivity index (χ2n) is 7.45. The van der Waals surface area contributed by atoms with E-state index in [9.17, 15) is 4.79 Å². The van der Waals surface area contributed by atoms with Crippen molar-refractivity contribution in [2.45, 2.75) is 6.42 Å². The molecular formula is C24H24N6O2. The molecule has 5 rings (SSSR count). The topological polar surface area (TPSA) is 99.2 Å². The summed E-state index contributed by atoms with van der Waals surface area (Å²) in [6.07, 6.45) is 2.29. The van der Waals surface area contributed by atoms with E-state index >= 15 is 0 Å². The van der Waals surface area contributed by atoms with E-state index in [0.29, 0.717) is 11.5 Å². The Balaban J connectivity index is 0.000000260. The van der Waals surface area contributed by atoms with Gasteiger partial charge in [0.1, 0.15) is 29.3 Å². The van der Waals surface area contributed by atoms with Gasteiger partial charge in [0.05, 0.1) is 5.39 Å². The SMILES string of the molecule is C=C1CCN(C)C1=O.Cn1nc(-c2ccc(Oc3ccccc3)cc2)c2c(N)ncnc21. The molecule has 3 heterocycles. The maximum Gasteiger partial charge on any atom is 0.248 e. The lowest BCUT2D eigenvalue weighted by atomic mass is 10.1. The van der Waals surface area contributed by atoms with Crippen LogP contribution >= 0.6 is 0 Å². The van der Waals surface area contributed by atoms with Crippen molar-refractivity contribution in [3.05, 3.63) is 73.1 Å². The first kappa shape index (κ1) is 21.0. The zero-order valence-electron chi connectivity index (χ0n) is 18.0. The van der Waals surface area contributed by atoms with E-state index in [1.54, 1.807) is 16.6 Å². The highest BCUT2D eigenvalue weighted by Crippen LogP contribution is 2.31. The molecular weight excluding hydrogens is 404 g/mol. The standard InChI is InChI=1S/C18H15N5O.C6H9NO/c1-23-18-15(17(19)20-11-21-18)16(22-23)12-7-9-14(10-8-12)24-13-5-3-2-4-6-13;1-5-3-4-7(2)6(5)8/h2-11H,1H3,(H2,19,20,21);1,3-4H2,2H3. The highest BCUT2D eigenvalue weighted by Gasteiger charge is 2.19. The van der Waals surface area contributed by atoms with Crippen molar-refractivity contribution in [3.63, 3.8) is 0 Å². The van der Waals surface area contributed by atoms with Crippen LogP contribution in [-0.2, 0) is 11.8 Å². The van der Waals surface area contributed by atoms with E-state index in [-0.39, 0.29) is 5.91 Å². The Kier molecular flexibility index (Phi) is 5.85. The van der Waals surface area contributed by atoms with E-state index in [4.69, 9.17) is 10.5 Å². The van der Waals surface area contributed by atoms with Crippen LogP contribution < -0.4 is 10.5 Å². The molecule has 2 aromatic carbocycles. The second-order valence-corrected chi connectivity index (χ2v) is 7.45. The summed E-state index contributed by atoms with van der Waals surface area (Å²) in [5.41, 5.74) is 9.16. The number of nitrogens with zero attached hydrogens (tertiary/aromatic N) is 5. The third-order valence-electron chi connectivity index (χ3n) is 5.15. The molecule has 0 aliphatic carbocycles. The van der Waals surface area contributed by atoms with E-state index in [2.05, 4.69) is 21.6 Å². The van der Waals surface area contributed by atoms with Crippen molar-refractivity contribution in [1.29, 1.82) is 0 Å². The van der Waals surface area contributed by atoms with Gasteiger partial charge in [-0.2, -0.15) is 5.10 Å². The number of carbonyl (C=O) groups excluding carboxylic acids is 1. The minimum atomic E-state index is 0.102. The van der Waals surface area contributed by atoms with Gasteiger partial charge in [-0.1, -0.05) is 24.8 Å². The number of rotatable bonds is 3. The van der Waals surface area contributed by atoms with Gasteiger partial charge in [0.25, 0.3) is 0 Å². The largest absolute Gasteiger partial charge is 0.457 e. The van der Waals surface area contributed by atoms with E-state index in [1.807, 2.05) is 61.6 Å². The Labute approximate surface area is 186 Å². The summed E-state index contributed by atoms with van der Waals surface area (Å²) < 4.78 is 7.52. The number of likely N-dealkylation sites (N-methyl/N-ethyl adjacent to an activating group) is 1. The number of para-hydroxylation sites is 1. The molecule has 162 valence electrons. The Morgan fingerprint density at radius 1 is 1.00 bits per heavy atom. The molecule has 1 aliphatic heterocycles. The molecule has 0 bridgehead atoms. The van der Waals surface area contributed by atoms with Crippen LogP contribution in [0.4, 0.5) is 5.82 Å². The maximum absolute atomic E-state index is 10.7. The summed E-state index contributed by atoms with van der Waals surface area (Å²) >= 11 is 0. The highest BCUT2D eigenvalue weighted by molar-refractivity contribution is 5.98. The predicted octanol–water partition coefficient (Wildman–Crippen LogP) is 3.81. The van der Waals surface area contributed by atoms with Crippen molar-refractivity contribution in [2.75, 3.05) is 19.3 Å². The third kappa shape index (κ3) is 4.29. The summed E-state index contributed by atoms with van der Waals surface area (Å²) in [7, 11) is 3.63. The minimum Gasteiger partial charge on any atom is -0.457 e. The summed E-state index contributed by atoms with van der Waals surface area (Å²) in [6, 6.07) is 17.4. The monoisotopic (exact) mass is 428 g/mol. The first-order valence-electron chi connectivity index (χ1n) is 10.1. The van der Waals surface area contributed by atoms with Crippen LogP contribution in [0.25, 0.3) is 22.3 Å². The molecule has 32 heavy (non-hydrogen) atoms. The molecule has 1 amide bonds. The molecule has 0 unspecified atom stereocenters. The van der Waals surface area contributed by atoms with Crippen molar-refractivity contribution in [2.24, 2.45) is 7.05 Å². The lowest BCUT2D eigenvalue weighted by Crippen LogP contribution is -2.18. The number of anilines is 1. The summed E-state index contributed by atoms with van der Waals surface area (Å²) in [5, 5.41) is 5.29. The van der Waals surface area contributed by atoms with Gasteiger partial charge in [0, 0.05) is 31.8 Å². The van der Waals surface area contributed by atoms with E-state index in [1.165, 1.54) is 6.33 Å². The van der Waals surface area contributed by atoms with Crippen LogP contribution in [0.15, 0.2) is 73.1 Å². The Morgan fingerprint density at radius 3 is 2.28 bits per heavy atom. The van der Waals surface area contributed by atoms with Gasteiger partial charge >= 0.3 is 0 Å². The lowest BCUT2D eigenvalue weighted by Gasteiger charge is -2.06. The van der Waals surface area contributed by atoms with Crippen molar-refractivity contribution in [3.8, 4) is 22.8 Å². The van der Waals surface area contributed by atoms with Crippen LogP contribution in [0.5, 0.6) is 11.5 Å². The number of nitrogens with two attached hydrogens (primary N) is 1. The van der Waals surface area contributed by atoms with Gasteiger partial charge in [-0.05, 0) is 42.8 Å².